The highest BCUT2D eigenvalue weighted by Crippen LogP contribution is 2.29. The number of hydrogen-bond acceptors (Lipinski definition) is 4. The second-order valence-electron chi connectivity index (χ2n) is 6.67. The average Bonchev–Trinajstić information content (AvgIpc) is 2.66. The third kappa shape index (κ3) is 5.03. The highest BCUT2D eigenvalue weighted by atomic mass is 32.2. The third-order valence-electron chi connectivity index (χ3n) is 4.97. The van der Waals surface area contributed by atoms with Crippen molar-refractivity contribution in [2.24, 2.45) is 0 Å². The summed E-state index contributed by atoms with van der Waals surface area (Å²) in [5.41, 5.74) is -4.47. The largest absolute Gasteiger partial charge is 0.511 e. The van der Waals surface area contributed by atoms with Crippen molar-refractivity contribution in [2.45, 2.75) is 44.3 Å². The number of likely N-dealkylation sites (N-methyl/N-ethyl adjacent to an activating group) is 1. The maximum absolute atomic E-state index is 12.9. The monoisotopic (exact) mass is 421 g/mol. The number of amides is 1. The lowest BCUT2D eigenvalue weighted by Crippen LogP contribution is -2.51. The molecule has 6 nitrogen and oxygen atoms in total. The molecule has 0 unspecified atom stereocenters. The Morgan fingerprint density at radius 3 is 2.18 bits per heavy atom. The van der Waals surface area contributed by atoms with E-state index in [1.54, 1.807) is 0 Å². The number of carbonyl (C=O) groups is 1. The molecule has 0 radical (unpaired) electrons. The van der Waals surface area contributed by atoms with Crippen molar-refractivity contribution in [3.8, 4) is 0 Å². The van der Waals surface area contributed by atoms with Gasteiger partial charge in [-0.15, -0.1) is 0 Å². The Bertz CT molecular complexity index is 744. The lowest BCUT2D eigenvalue weighted by molar-refractivity contribution is -0.127. The van der Waals surface area contributed by atoms with Crippen LogP contribution in [0.5, 0.6) is 0 Å². The van der Waals surface area contributed by atoms with Gasteiger partial charge in [-0.3, -0.25) is 9.69 Å². The summed E-state index contributed by atoms with van der Waals surface area (Å²) in [5.74, 6) is -0.230. The lowest BCUT2D eigenvalue weighted by Gasteiger charge is -2.34. The van der Waals surface area contributed by atoms with E-state index < -0.39 is 21.6 Å². The van der Waals surface area contributed by atoms with Crippen LogP contribution >= 0.6 is 0 Å². The van der Waals surface area contributed by atoms with E-state index in [1.807, 2.05) is 49.1 Å². The predicted octanol–water partition coefficient (Wildman–Crippen LogP) is 2.50. The molecular formula is C18H26F3N3O3S. The smallest absolute Gasteiger partial charge is 0.352 e. The van der Waals surface area contributed by atoms with Crippen LogP contribution in [0.15, 0.2) is 30.3 Å². The number of piperidine rings is 1. The molecule has 1 saturated heterocycles. The molecule has 2 rings (SSSR count). The minimum atomic E-state index is -5.32. The van der Waals surface area contributed by atoms with E-state index >= 15 is 0 Å². The van der Waals surface area contributed by atoms with Crippen molar-refractivity contribution in [3.63, 3.8) is 0 Å². The second kappa shape index (κ2) is 9.23. The highest BCUT2D eigenvalue weighted by Gasteiger charge is 2.50. The number of halogens is 3. The first-order chi connectivity index (χ1) is 13.1. The summed E-state index contributed by atoms with van der Waals surface area (Å²) in [4.78, 5) is 14.9. The number of benzene rings is 1. The Kier molecular flexibility index (Phi) is 7.46. The number of nitrogens with zero attached hydrogens (tertiary/aromatic N) is 2. The van der Waals surface area contributed by atoms with E-state index in [9.17, 15) is 26.4 Å². The van der Waals surface area contributed by atoms with E-state index in [-0.39, 0.29) is 37.9 Å². The predicted molar refractivity (Wildman–Crippen MR) is 99.8 cm³/mol. The third-order valence-corrected chi connectivity index (χ3v) is 6.60. The molecule has 1 amide bonds. The molecule has 158 valence electrons. The van der Waals surface area contributed by atoms with Crippen LogP contribution in [-0.2, 0) is 14.8 Å². The first kappa shape index (κ1) is 22.6. The number of carbonyl (C=O) groups excluding carboxylic acids is 1. The summed E-state index contributed by atoms with van der Waals surface area (Å²) >= 11 is 0. The Morgan fingerprint density at radius 2 is 1.71 bits per heavy atom. The van der Waals surface area contributed by atoms with E-state index in [0.717, 1.165) is 5.56 Å². The first-order valence-electron chi connectivity index (χ1n) is 9.27. The SMILES string of the molecule is CCN(CC)[C@@H](C(=O)NC1CCN(S(=O)(=O)C(F)(F)F)CC1)c1ccccc1. The quantitative estimate of drug-likeness (QED) is 0.735. The van der Waals surface area contributed by atoms with Gasteiger partial charge in [-0.1, -0.05) is 44.2 Å². The fraction of sp³-hybridized carbons (Fsp3) is 0.611. The zero-order valence-corrected chi connectivity index (χ0v) is 16.8. The van der Waals surface area contributed by atoms with Crippen LogP contribution in [0.25, 0.3) is 0 Å². The van der Waals surface area contributed by atoms with Gasteiger partial charge in [0.15, 0.2) is 0 Å². The topological polar surface area (TPSA) is 69.7 Å². The molecule has 1 aromatic rings. The standard InChI is InChI=1S/C18H26F3N3O3S/c1-3-23(4-2)16(14-8-6-5-7-9-14)17(25)22-15-10-12-24(13-11-15)28(26,27)18(19,20)21/h5-9,15-16H,3-4,10-13H2,1-2H3,(H,22,25)/t16-/m1/s1. The normalized spacial score (nSPS) is 18.2. The van der Waals surface area contributed by atoms with Crippen LogP contribution in [-0.4, -0.2) is 61.3 Å². The molecule has 1 aliphatic heterocycles. The molecule has 1 fully saturated rings. The number of hydrogen-bond donors (Lipinski definition) is 1. The number of rotatable bonds is 7. The fourth-order valence-electron chi connectivity index (χ4n) is 3.42. The highest BCUT2D eigenvalue weighted by molar-refractivity contribution is 7.90. The summed E-state index contributed by atoms with van der Waals surface area (Å²) in [6.07, 6.45) is 0.279. The van der Waals surface area contributed by atoms with Crippen molar-refractivity contribution >= 4 is 15.9 Å². The number of sulfonamides is 1. The fourth-order valence-corrected chi connectivity index (χ4v) is 4.40. The van der Waals surface area contributed by atoms with Gasteiger partial charge in [0.25, 0.3) is 0 Å². The van der Waals surface area contributed by atoms with Gasteiger partial charge in [0.05, 0.1) is 0 Å². The van der Waals surface area contributed by atoms with Gasteiger partial charge in [-0.2, -0.15) is 17.5 Å². The maximum atomic E-state index is 12.9. The maximum Gasteiger partial charge on any atom is 0.511 e. The molecule has 0 bridgehead atoms. The van der Waals surface area contributed by atoms with Crippen LogP contribution in [0.4, 0.5) is 13.2 Å². The van der Waals surface area contributed by atoms with Crippen molar-refractivity contribution in [3.05, 3.63) is 35.9 Å². The Hall–Kier alpha value is -1.65. The van der Waals surface area contributed by atoms with E-state index in [1.165, 1.54) is 0 Å². The van der Waals surface area contributed by atoms with Crippen LogP contribution in [0.2, 0.25) is 0 Å². The number of alkyl halides is 3. The van der Waals surface area contributed by atoms with Crippen LogP contribution < -0.4 is 5.32 Å². The molecule has 1 aromatic carbocycles. The van der Waals surface area contributed by atoms with Gasteiger partial charge in [-0.25, -0.2) is 8.42 Å². The Balaban J connectivity index is 2.05. The molecule has 1 aliphatic rings. The molecule has 1 heterocycles. The van der Waals surface area contributed by atoms with Crippen molar-refractivity contribution in [2.75, 3.05) is 26.2 Å². The molecule has 0 saturated carbocycles. The van der Waals surface area contributed by atoms with Gasteiger partial charge in [0, 0.05) is 19.1 Å². The molecule has 1 N–H and O–H groups in total. The van der Waals surface area contributed by atoms with Crippen molar-refractivity contribution in [1.82, 2.24) is 14.5 Å². The molecule has 10 heteroatoms. The van der Waals surface area contributed by atoms with Gasteiger partial charge in [0.1, 0.15) is 6.04 Å². The van der Waals surface area contributed by atoms with Crippen LogP contribution in [0.3, 0.4) is 0 Å². The lowest BCUT2D eigenvalue weighted by atomic mass is 10.0. The average molecular weight is 421 g/mol. The molecule has 0 aromatic heterocycles. The van der Waals surface area contributed by atoms with Crippen LogP contribution in [0, 0.1) is 0 Å². The number of nitrogens with one attached hydrogen (secondary N) is 1. The minimum Gasteiger partial charge on any atom is -0.352 e. The minimum absolute atomic E-state index is 0.140. The molecule has 0 aliphatic carbocycles. The molecule has 0 spiro atoms. The van der Waals surface area contributed by atoms with Gasteiger partial charge in [-0.05, 0) is 31.5 Å². The molecular weight excluding hydrogens is 395 g/mol. The van der Waals surface area contributed by atoms with Crippen molar-refractivity contribution in [1.29, 1.82) is 0 Å². The zero-order chi connectivity index (χ0) is 20.9. The zero-order valence-electron chi connectivity index (χ0n) is 15.9. The van der Waals surface area contributed by atoms with Crippen LogP contribution in [0.1, 0.15) is 38.3 Å². The van der Waals surface area contributed by atoms with E-state index in [2.05, 4.69) is 5.32 Å². The Labute approximate surface area is 163 Å². The van der Waals surface area contributed by atoms with E-state index in [4.69, 9.17) is 0 Å². The second-order valence-corrected chi connectivity index (χ2v) is 8.60. The summed E-state index contributed by atoms with van der Waals surface area (Å²) in [5, 5.41) is 2.89. The molecule has 28 heavy (non-hydrogen) atoms. The Morgan fingerprint density at radius 1 is 1.18 bits per heavy atom. The van der Waals surface area contributed by atoms with Crippen molar-refractivity contribution < 1.29 is 26.4 Å². The van der Waals surface area contributed by atoms with Gasteiger partial charge >= 0.3 is 15.5 Å². The van der Waals surface area contributed by atoms with E-state index in [0.29, 0.717) is 17.4 Å². The van der Waals surface area contributed by atoms with Gasteiger partial charge in [0.2, 0.25) is 5.91 Å². The first-order valence-corrected chi connectivity index (χ1v) is 10.7. The summed E-state index contributed by atoms with van der Waals surface area (Å²) < 4.78 is 61.5. The van der Waals surface area contributed by atoms with Gasteiger partial charge < -0.3 is 5.32 Å². The summed E-state index contributed by atoms with van der Waals surface area (Å²) in [6.45, 7) is 4.68. The summed E-state index contributed by atoms with van der Waals surface area (Å²) in [6, 6.07) is 8.40. The molecule has 1 atom stereocenters. The summed E-state index contributed by atoms with van der Waals surface area (Å²) in [7, 11) is -5.32.